The fourth-order valence-electron chi connectivity index (χ4n) is 1.02. The van der Waals surface area contributed by atoms with Gasteiger partial charge in [0, 0.05) is 0 Å². The third-order valence-electron chi connectivity index (χ3n) is 1.58. The molecule has 1 heterocycles. The molecule has 0 aliphatic heterocycles. The molecule has 0 aliphatic carbocycles. The highest BCUT2D eigenvalue weighted by Crippen LogP contribution is 2.01. The maximum absolute atomic E-state index is 10.4. The summed E-state index contributed by atoms with van der Waals surface area (Å²) in [5.74, 6) is 0.760. The van der Waals surface area contributed by atoms with Gasteiger partial charge in [-0.25, -0.2) is 4.79 Å². The number of carbonyl (C=O) groups is 1. The number of amides is 2. The molecule has 0 aliphatic rings. The van der Waals surface area contributed by atoms with E-state index in [9.17, 15) is 4.79 Å². The fraction of sp³-hybridized carbons (Fsp3) is 0.444. The van der Waals surface area contributed by atoms with Gasteiger partial charge in [-0.15, -0.1) is 0 Å². The Morgan fingerprint density at radius 2 is 2.57 bits per heavy atom. The first-order valence-corrected chi connectivity index (χ1v) is 4.34. The van der Waals surface area contributed by atoms with Gasteiger partial charge in [0.05, 0.1) is 18.9 Å². The third-order valence-corrected chi connectivity index (χ3v) is 1.58. The molecule has 1 unspecified atom stereocenters. The van der Waals surface area contributed by atoms with Crippen LogP contribution in [-0.4, -0.2) is 18.7 Å². The molecule has 0 bridgehead atoms. The summed E-state index contributed by atoms with van der Waals surface area (Å²) in [6.45, 7) is 2.62. The SMILES string of the molecule is CC(COCc1ccco1)NC(N)=O. The number of furan rings is 1. The van der Waals surface area contributed by atoms with E-state index in [2.05, 4.69) is 5.32 Å². The minimum Gasteiger partial charge on any atom is -0.467 e. The van der Waals surface area contributed by atoms with Crippen LogP contribution in [0.3, 0.4) is 0 Å². The lowest BCUT2D eigenvalue weighted by atomic mass is 10.4. The van der Waals surface area contributed by atoms with Crippen molar-refractivity contribution in [2.75, 3.05) is 6.61 Å². The van der Waals surface area contributed by atoms with E-state index in [1.807, 2.05) is 13.0 Å². The Morgan fingerprint density at radius 1 is 1.79 bits per heavy atom. The normalized spacial score (nSPS) is 12.4. The first kappa shape index (κ1) is 10.6. The standard InChI is InChI=1S/C9H14N2O3/c1-7(11-9(10)12)5-13-6-8-3-2-4-14-8/h2-4,7H,5-6H2,1H3,(H3,10,11,12). The molecule has 5 nitrogen and oxygen atoms in total. The molecule has 1 rings (SSSR count). The van der Waals surface area contributed by atoms with Crippen LogP contribution in [0.5, 0.6) is 0 Å². The summed E-state index contributed by atoms with van der Waals surface area (Å²) in [6, 6.07) is 2.98. The molecular formula is C9H14N2O3. The van der Waals surface area contributed by atoms with Crippen molar-refractivity contribution in [1.82, 2.24) is 5.32 Å². The van der Waals surface area contributed by atoms with Crippen molar-refractivity contribution in [2.24, 2.45) is 5.73 Å². The van der Waals surface area contributed by atoms with Crippen LogP contribution in [0.4, 0.5) is 4.79 Å². The van der Waals surface area contributed by atoms with Crippen LogP contribution < -0.4 is 11.1 Å². The van der Waals surface area contributed by atoms with Crippen molar-refractivity contribution in [2.45, 2.75) is 19.6 Å². The summed E-state index contributed by atoms with van der Waals surface area (Å²) >= 11 is 0. The molecule has 1 aromatic heterocycles. The van der Waals surface area contributed by atoms with E-state index in [4.69, 9.17) is 14.9 Å². The first-order chi connectivity index (χ1) is 6.68. The molecule has 0 aromatic carbocycles. The number of hydrogen-bond acceptors (Lipinski definition) is 3. The molecule has 0 radical (unpaired) electrons. The number of nitrogens with two attached hydrogens (primary N) is 1. The topological polar surface area (TPSA) is 77.5 Å². The van der Waals surface area contributed by atoms with E-state index >= 15 is 0 Å². The average Bonchev–Trinajstić information content (AvgIpc) is 2.55. The van der Waals surface area contributed by atoms with E-state index in [0.29, 0.717) is 13.2 Å². The van der Waals surface area contributed by atoms with E-state index in [1.165, 1.54) is 0 Å². The quantitative estimate of drug-likeness (QED) is 0.736. The lowest BCUT2D eigenvalue weighted by Crippen LogP contribution is -2.39. The Bertz CT molecular complexity index is 272. The van der Waals surface area contributed by atoms with Gasteiger partial charge < -0.3 is 20.2 Å². The average molecular weight is 198 g/mol. The fourth-order valence-corrected chi connectivity index (χ4v) is 1.02. The van der Waals surface area contributed by atoms with Crippen LogP contribution >= 0.6 is 0 Å². The summed E-state index contributed by atoms with van der Waals surface area (Å²) in [4.78, 5) is 10.4. The molecule has 1 aromatic rings. The van der Waals surface area contributed by atoms with E-state index < -0.39 is 6.03 Å². The number of nitrogens with one attached hydrogen (secondary N) is 1. The van der Waals surface area contributed by atoms with Crippen molar-refractivity contribution in [3.05, 3.63) is 24.2 Å². The monoisotopic (exact) mass is 198 g/mol. The van der Waals surface area contributed by atoms with Crippen molar-refractivity contribution in [1.29, 1.82) is 0 Å². The Labute approximate surface area is 82.2 Å². The highest BCUT2D eigenvalue weighted by Gasteiger charge is 2.04. The van der Waals surface area contributed by atoms with Gasteiger partial charge in [0.2, 0.25) is 0 Å². The molecule has 3 N–H and O–H groups in total. The van der Waals surface area contributed by atoms with Gasteiger partial charge in [-0.2, -0.15) is 0 Å². The summed E-state index contributed by atoms with van der Waals surface area (Å²) in [5.41, 5.74) is 4.94. The Balaban J connectivity index is 2.12. The van der Waals surface area contributed by atoms with E-state index in [1.54, 1.807) is 12.3 Å². The number of ether oxygens (including phenoxy) is 1. The maximum Gasteiger partial charge on any atom is 0.312 e. The van der Waals surface area contributed by atoms with Crippen LogP contribution in [0.15, 0.2) is 22.8 Å². The molecule has 0 saturated heterocycles. The molecule has 0 spiro atoms. The summed E-state index contributed by atoms with van der Waals surface area (Å²) in [5, 5.41) is 2.51. The zero-order valence-electron chi connectivity index (χ0n) is 8.03. The van der Waals surface area contributed by atoms with Gasteiger partial charge in [0.1, 0.15) is 12.4 Å². The lowest BCUT2D eigenvalue weighted by Gasteiger charge is -2.11. The zero-order valence-corrected chi connectivity index (χ0v) is 8.03. The van der Waals surface area contributed by atoms with Crippen molar-refractivity contribution in [3.8, 4) is 0 Å². The van der Waals surface area contributed by atoms with Crippen LogP contribution in [0.2, 0.25) is 0 Å². The van der Waals surface area contributed by atoms with Crippen LogP contribution in [0.1, 0.15) is 12.7 Å². The molecule has 14 heavy (non-hydrogen) atoms. The molecule has 78 valence electrons. The number of urea groups is 1. The Hall–Kier alpha value is -1.49. The minimum atomic E-state index is -0.543. The van der Waals surface area contributed by atoms with Crippen LogP contribution in [-0.2, 0) is 11.3 Å². The number of carbonyl (C=O) groups excluding carboxylic acids is 1. The summed E-state index contributed by atoms with van der Waals surface area (Å²) in [6.07, 6.45) is 1.59. The molecule has 1 atom stereocenters. The zero-order chi connectivity index (χ0) is 10.4. The van der Waals surface area contributed by atoms with Crippen LogP contribution in [0, 0.1) is 0 Å². The second-order valence-electron chi connectivity index (χ2n) is 3.00. The largest absolute Gasteiger partial charge is 0.467 e. The second-order valence-corrected chi connectivity index (χ2v) is 3.00. The maximum atomic E-state index is 10.4. The minimum absolute atomic E-state index is 0.0949. The van der Waals surface area contributed by atoms with E-state index in [0.717, 1.165) is 5.76 Å². The van der Waals surface area contributed by atoms with E-state index in [-0.39, 0.29) is 6.04 Å². The third kappa shape index (κ3) is 3.95. The molecule has 0 saturated carbocycles. The van der Waals surface area contributed by atoms with Crippen molar-refractivity contribution < 1.29 is 13.9 Å². The van der Waals surface area contributed by atoms with Gasteiger partial charge in [0.25, 0.3) is 0 Å². The number of rotatable bonds is 5. The summed E-state index contributed by atoms with van der Waals surface area (Å²) in [7, 11) is 0. The molecule has 5 heteroatoms. The lowest BCUT2D eigenvalue weighted by molar-refractivity contribution is 0.0919. The first-order valence-electron chi connectivity index (χ1n) is 4.34. The predicted molar refractivity (Wildman–Crippen MR) is 50.5 cm³/mol. The number of hydrogen-bond donors (Lipinski definition) is 2. The Kier molecular flexibility index (Phi) is 4.00. The molecule has 2 amide bonds. The van der Waals surface area contributed by atoms with Gasteiger partial charge in [-0.1, -0.05) is 0 Å². The molecule has 0 fully saturated rings. The number of primary amides is 1. The smallest absolute Gasteiger partial charge is 0.312 e. The van der Waals surface area contributed by atoms with Gasteiger partial charge >= 0.3 is 6.03 Å². The highest BCUT2D eigenvalue weighted by molar-refractivity contribution is 5.71. The van der Waals surface area contributed by atoms with Crippen molar-refractivity contribution >= 4 is 6.03 Å². The van der Waals surface area contributed by atoms with Crippen molar-refractivity contribution in [3.63, 3.8) is 0 Å². The van der Waals surface area contributed by atoms with Gasteiger partial charge in [-0.3, -0.25) is 0 Å². The molecular weight excluding hydrogens is 184 g/mol. The van der Waals surface area contributed by atoms with Crippen LogP contribution in [0.25, 0.3) is 0 Å². The van der Waals surface area contributed by atoms with Gasteiger partial charge in [0.15, 0.2) is 0 Å². The highest BCUT2D eigenvalue weighted by atomic mass is 16.5. The second kappa shape index (κ2) is 5.29. The Morgan fingerprint density at radius 3 is 3.14 bits per heavy atom. The van der Waals surface area contributed by atoms with Gasteiger partial charge in [-0.05, 0) is 19.1 Å². The summed E-state index contributed by atoms with van der Waals surface area (Å²) < 4.78 is 10.3. The predicted octanol–water partition coefficient (Wildman–Crippen LogP) is 0.853.